The molecule has 0 radical (unpaired) electrons. The first-order valence-corrected chi connectivity index (χ1v) is 15.3. The molecule has 1 aliphatic rings. The summed E-state index contributed by atoms with van der Waals surface area (Å²) in [6, 6.07) is 13.6. The second-order valence-electron chi connectivity index (χ2n) is 11.5. The number of aliphatic hydroxyl groups is 1. The van der Waals surface area contributed by atoms with Crippen molar-refractivity contribution in [1.29, 1.82) is 0 Å². The highest BCUT2D eigenvalue weighted by Crippen LogP contribution is 2.32. The van der Waals surface area contributed by atoms with Gasteiger partial charge in [0.05, 0.1) is 24.6 Å². The summed E-state index contributed by atoms with van der Waals surface area (Å²) in [6.45, 7) is 7.33. The molecule has 2 heterocycles. The van der Waals surface area contributed by atoms with Gasteiger partial charge in [-0.25, -0.2) is 9.36 Å². The van der Waals surface area contributed by atoms with Crippen LogP contribution in [0, 0.1) is 0 Å². The highest BCUT2D eigenvalue weighted by atomic mass is 16.7. The van der Waals surface area contributed by atoms with Gasteiger partial charge in [-0.05, 0) is 74.0 Å². The molecule has 0 unspecified atom stereocenters. The van der Waals surface area contributed by atoms with Crippen LogP contribution in [0.3, 0.4) is 0 Å². The quantitative estimate of drug-likeness (QED) is 0.146. The van der Waals surface area contributed by atoms with Crippen molar-refractivity contribution in [1.82, 2.24) is 14.9 Å². The van der Waals surface area contributed by atoms with Crippen LogP contribution in [-0.4, -0.2) is 51.9 Å². The summed E-state index contributed by atoms with van der Waals surface area (Å²) in [5, 5.41) is 23.8. The Kier molecular flexibility index (Phi) is 12.1. The number of aryl methyl sites for hydroxylation is 1. The van der Waals surface area contributed by atoms with E-state index in [1.165, 1.54) is 10.8 Å². The molecule has 0 aliphatic carbocycles. The zero-order chi connectivity index (χ0) is 29.8. The van der Waals surface area contributed by atoms with E-state index in [2.05, 4.69) is 16.4 Å². The summed E-state index contributed by atoms with van der Waals surface area (Å²) in [5.74, 6) is 0.130. The largest absolute Gasteiger partial charge is 0.493 e. The standard InChI is InChI=1S/C33H47N3O6/c1-33(2)41-24-27-21-26(15-16-30(27)42-33)29(37)22-34-17-8-4-6-10-19-40-18-9-5-3-7-12-25-13-11-14-28(20-25)36-31(38)23-35-32(36)39/h11,13-16,20-21,23,29,34,37-38H,3-10,12,17-19,22,24H2,1-2H3,(H,35,39)/t29-/m0/s1. The number of aromatic nitrogens is 2. The minimum Gasteiger partial charge on any atom is -0.493 e. The molecule has 42 heavy (non-hydrogen) atoms. The number of H-pyrrole nitrogens is 1. The normalized spacial score (nSPS) is 14.8. The lowest BCUT2D eigenvalue weighted by atomic mass is 10.0. The predicted molar refractivity (Wildman–Crippen MR) is 163 cm³/mol. The van der Waals surface area contributed by atoms with E-state index < -0.39 is 11.9 Å². The van der Waals surface area contributed by atoms with Crippen LogP contribution in [0.4, 0.5) is 0 Å². The Morgan fingerprint density at radius 1 is 1.02 bits per heavy atom. The second-order valence-corrected chi connectivity index (χ2v) is 11.5. The number of fused-ring (bicyclic) bond motifs is 1. The molecule has 230 valence electrons. The first kappa shape index (κ1) is 31.8. The fourth-order valence-corrected chi connectivity index (χ4v) is 5.18. The van der Waals surface area contributed by atoms with Gasteiger partial charge in [-0.1, -0.05) is 43.9 Å². The van der Waals surface area contributed by atoms with Gasteiger partial charge >= 0.3 is 5.69 Å². The summed E-state index contributed by atoms with van der Waals surface area (Å²) in [6.07, 6.45) is 10.6. The molecule has 1 aliphatic heterocycles. The molecule has 3 aromatic rings. The van der Waals surface area contributed by atoms with Crippen molar-refractivity contribution in [2.45, 2.75) is 90.1 Å². The van der Waals surface area contributed by atoms with Crippen LogP contribution >= 0.6 is 0 Å². The average molecular weight is 582 g/mol. The van der Waals surface area contributed by atoms with Crippen LogP contribution < -0.4 is 15.7 Å². The van der Waals surface area contributed by atoms with Gasteiger partial charge in [0.25, 0.3) is 0 Å². The SMILES string of the molecule is CC1(C)OCc2cc([C@@H](O)CNCCCCCCOCCCCCCc3cccc(-n4c(O)c[nH]c4=O)c3)ccc2O1. The van der Waals surface area contributed by atoms with E-state index in [9.17, 15) is 15.0 Å². The first-order valence-electron chi connectivity index (χ1n) is 15.3. The summed E-state index contributed by atoms with van der Waals surface area (Å²) < 4.78 is 18.6. The Hall–Kier alpha value is -3.11. The zero-order valence-corrected chi connectivity index (χ0v) is 25.1. The number of ether oxygens (including phenoxy) is 3. The monoisotopic (exact) mass is 581 g/mol. The molecule has 9 nitrogen and oxygen atoms in total. The first-order chi connectivity index (χ1) is 20.3. The number of benzene rings is 2. The lowest BCUT2D eigenvalue weighted by Crippen LogP contribution is -2.35. The molecule has 0 amide bonds. The van der Waals surface area contributed by atoms with Crippen LogP contribution in [0.5, 0.6) is 11.6 Å². The molecule has 0 fully saturated rings. The number of nitrogens with one attached hydrogen (secondary N) is 2. The van der Waals surface area contributed by atoms with Crippen LogP contribution in [-0.2, 0) is 22.5 Å². The third kappa shape index (κ3) is 9.73. The zero-order valence-electron chi connectivity index (χ0n) is 25.1. The van der Waals surface area contributed by atoms with Crippen molar-refractivity contribution in [3.8, 4) is 17.3 Å². The molecular weight excluding hydrogens is 534 g/mol. The summed E-state index contributed by atoms with van der Waals surface area (Å²) >= 11 is 0. The van der Waals surface area contributed by atoms with Gasteiger partial charge < -0.3 is 34.7 Å². The van der Waals surface area contributed by atoms with Crippen molar-refractivity contribution in [3.05, 3.63) is 75.8 Å². The Morgan fingerprint density at radius 2 is 1.79 bits per heavy atom. The number of unbranched alkanes of at least 4 members (excludes halogenated alkanes) is 6. The van der Waals surface area contributed by atoms with Gasteiger partial charge in [0.15, 0.2) is 0 Å². The fourth-order valence-electron chi connectivity index (χ4n) is 5.18. The van der Waals surface area contributed by atoms with E-state index in [4.69, 9.17) is 14.2 Å². The third-order valence-electron chi connectivity index (χ3n) is 7.56. The molecular formula is C33H47N3O6. The number of hydrogen-bond acceptors (Lipinski definition) is 7. The smallest absolute Gasteiger partial charge is 0.333 e. The van der Waals surface area contributed by atoms with Gasteiger partial charge in [0.1, 0.15) is 5.75 Å². The summed E-state index contributed by atoms with van der Waals surface area (Å²) in [5.41, 5.74) is 3.35. The maximum atomic E-state index is 11.9. The highest BCUT2D eigenvalue weighted by molar-refractivity contribution is 5.39. The van der Waals surface area contributed by atoms with Crippen molar-refractivity contribution in [2.24, 2.45) is 0 Å². The minimum absolute atomic E-state index is 0.0836. The van der Waals surface area contributed by atoms with Crippen molar-refractivity contribution in [3.63, 3.8) is 0 Å². The van der Waals surface area contributed by atoms with E-state index in [1.807, 2.05) is 50.2 Å². The second kappa shape index (κ2) is 15.9. The number of aromatic amines is 1. The molecule has 0 bridgehead atoms. The number of rotatable bonds is 18. The molecule has 4 N–H and O–H groups in total. The summed E-state index contributed by atoms with van der Waals surface area (Å²) in [7, 11) is 0. The lowest BCUT2D eigenvalue weighted by Gasteiger charge is -2.33. The van der Waals surface area contributed by atoms with Crippen molar-refractivity contribution >= 4 is 0 Å². The maximum Gasteiger partial charge on any atom is 0.333 e. The van der Waals surface area contributed by atoms with Crippen LogP contribution in [0.25, 0.3) is 5.69 Å². The molecule has 0 spiro atoms. The van der Waals surface area contributed by atoms with E-state index in [0.717, 1.165) is 100.0 Å². The Bertz CT molecular complexity index is 1300. The van der Waals surface area contributed by atoms with Gasteiger partial charge in [0, 0.05) is 39.2 Å². The number of aromatic hydroxyl groups is 1. The van der Waals surface area contributed by atoms with Crippen LogP contribution in [0.2, 0.25) is 0 Å². The molecule has 4 rings (SSSR count). The predicted octanol–water partition coefficient (Wildman–Crippen LogP) is 5.52. The molecule has 9 heteroatoms. The summed E-state index contributed by atoms with van der Waals surface area (Å²) in [4.78, 5) is 14.4. The topological polar surface area (TPSA) is 118 Å². The molecule has 0 saturated carbocycles. The van der Waals surface area contributed by atoms with Crippen LogP contribution in [0.1, 0.15) is 88.0 Å². The van der Waals surface area contributed by atoms with Gasteiger partial charge in [0.2, 0.25) is 11.7 Å². The van der Waals surface area contributed by atoms with Crippen molar-refractivity contribution in [2.75, 3.05) is 26.3 Å². The van der Waals surface area contributed by atoms with Gasteiger partial charge in [-0.15, -0.1) is 0 Å². The van der Waals surface area contributed by atoms with E-state index in [-0.39, 0.29) is 11.6 Å². The maximum absolute atomic E-state index is 11.9. The Labute approximate surface area is 248 Å². The number of imidazole rings is 1. The average Bonchev–Trinajstić information content (AvgIpc) is 3.31. The van der Waals surface area contributed by atoms with E-state index in [1.54, 1.807) is 0 Å². The van der Waals surface area contributed by atoms with Gasteiger partial charge in [-0.2, -0.15) is 0 Å². The number of aliphatic hydroxyl groups excluding tert-OH is 1. The minimum atomic E-state index is -0.611. The van der Waals surface area contributed by atoms with Crippen molar-refractivity contribution < 1.29 is 24.4 Å². The molecule has 0 saturated heterocycles. The molecule has 1 atom stereocenters. The lowest BCUT2D eigenvalue weighted by molar-refractivity contribution is -0.180. The number of nitrogens with zero attached hydrogens (tertiary/aromatic N) is 1. The fraction of sp³-hybridized carbons (Fsp3) is 0.545. The van der Waals surface area contributed by atoms with E-state index in [0.29, 0.717) is 18.8 Å². The Balaban J connectivity index is 0.953. The number of hydrogen-bond donors (Lipinski definition) is 4. The molecule has 2 aromatic carbocycles. The molecule has 1 aromatic heterocycles. The van der Waals surface area contributed by atoms with Crippen LogP contribution in [0.15, 0.2) is 53.5 Å². The highest BCUT2D eigenvalue weighted by Gasteiger charge is 2.27. The van der Waals surface area contributed by atoms with Gasteiger partial charge in [-0.3, -0.25) is 0 Å². The Morgan fingerprint density at radius 3 is 2.55 bits per heavy atom. The third-order valence-corrected chi connectivity index (χ3v) is 7.56. The van der Waals surface area contributed by atoms with E-state index >= 15 is 0 Å².